The number of nitrogens with one attached hydrogen (secondary N) is 1. The van der Waals surface area contributed by atoms with Gasteiger partial charge in [-0.3, -0.25) is 4.68 Å². The average Bonchev–Trinajstić information content (AvgIpc) is 3.13. The van der Waals surface area contributed by atoms with Crippen molar-refractivity contribution in [1.29, 1.82) is 0 Å². The maximum Gasteiger partial charge on any atom is 0.0629 e. The molecule has 5 heteroatoms. The summed E-state index contributed by atoms with van der Waals surface area (Å²) in [5.41, 5.74) is 1.26. The van der Waals surface area contributed by atoms with E-state index in [0.717, 1.165) is 16.5 Å². The monoisotopic (exact) mass is 293 g/mol. The van der Waals surface area contributed by atoms with E-state index in [1.165, 1.54) is 23.3 Å². The van der Waals surface area contributed by atoms with Crippen molar-refractivity contribution in [2.45, 2.75) is 35.2 Å². The summed E-state index contributed by atoms with van der Waals surface area (Å²) in [6.07, 6.45) is 6.51. The molecule has 3 nitrogen and oxygen atoms in total. The summed E-state index contributed by atoms with van der Waals surface area (Å²) in [5, 5.41) is 8.53. The van der Waals surface area contributed by atoms with Gasteiger partial charge in [0.1, 0.15) is 0 Å². The van der Waals surface area contributed by atoms with Crippen LogP contribution in [-0.4, -0.2) is 15.8 Å². The Labute approximate surface area is 122 Å². The van der Waals surface area contributed by atoms with E-state index in [-0.39, 0.29) is 0 Å². The maximum absolute atomic E-state index is 6.10. The minimum absolute atomic E-state index is 0.704. The third-order valence-corrected chi connectivity index (χ3v) is 4.39. The Balaban J connectivity index is 1.77. The first-order chi connectivity index (χ1) is 9.20. The summed E-state index contributed by atoms with van der Waals surface area (Å²) >= 11 is 7.84. The zero-order chi connectivity index (χ0) is 13.2. The zero-order valence-corrected chi connectivity index (χ0v) is 12.3. The molecule has 1 N–H and O–H groups in total. The summed E-state index contributed by atoms with van der Waals surface area (Å²) in [6, 6.07) is 6.79. The van der Waals surface area contributed by atoms with E-state index in [1.54, 1.807) is 11.8 Å². The number of aryl methyl sites for hydroxylation is 1. The van der Waals surface area contributed by atoms with Gasteiger partial charge in [-0.05, 0) is 36.6 Å². The lowest BCUT2D eigenvalue weighted by Gasteiger charge is -2.09. The van der Waals surface area contributed by atoms with Gasteiger partial charge in [0.2, 0.25) is 0 Å². The Morgan fingerprint density at radius 2 is 2.32 bits per heavy atom. The van der Waals surface area contributed by atoms with Crippen LogP contribution in [-0.2, 0) is 13.6 Å². The fraction of sp³-hybridized carbons (Fsp3) is 0.357. The van der Waals surface area contributed by atoms with Gasteiger partial charge in [-0.1, -0.05) is 23.4 Å². The Morgan fingerprint density at radius 3 is 3.00 bits per heavy atom. The number of halogens is 1. The molecule has 1 fully saturated rings. The van der Waals surface area contributed by atoms with E-state index < -0.39 is 0 Å². The number of nitrogens with zero attached hydrogens (tertiary/aromatic N) is 2. The molecule has 19 heavy (non-hydrogen) atoms. The number of hydrogen-bond donors (Lipinski definition) is 1. The van der Waals surface area contributed by atoms with Crippen molar-refractivity contribution in [3.05, 3.63) is 41.2 Å². The highest BCUT2D eigenvalue weighted by Crippen LogP contribution is 2.32. The second kappa shape index (κ2) is 5.57. The van der Waals surface area contributed by atoms with Crippen molar-refractivity contribution >= 4 is 23.4 Å². The topological polar surface area (TPSA) is 29.9 Å². The molecule has 0 spiro atoms. The molecule has 1 aromatic carbocycles. The molecule has 1 aromatic heterocycles. The quantitative estimate of drug-likeness (QED) is 0.915. The molecule has 0 radical (unpaired) electrons. The molecular weight excluding hydrogens is 278 g/mol. The molecular formula is C14H16ClN3S. The lowest BCUT2D eigenvalue weighted by molar-refractivity contribution is 0.680. The van der Waals surface area contributed by atoms with Crippen molar-refractivity contribution in [1.82, 2.24) is 15.1 Å². The first-order valence-electron chi connectivity index (χ1n) is 6.39. The van der Waals surface area contributed by atoms with Crippen LogP contribution in [0.4, 0.5) is 0 Å². The number of rotatable bonds is 5. The van der Waals surface area contributed by atoms with Gasteiger partial charge in [0, 0.05) is 35.7 Å². The first-order valence-corrected chi connectivity index (χ1v) is 7.58. The Kier molecular flexibility index (Phi) is 3.82. The molecule has 3 rings (SSSR count). The van der Waals surface area contributed by atoms with Crippen molar-refractivity contribution < 1.29 is 0 Å². The van der Waals surface area contributed by atoms with Gasteiger partial charge < -0.3 is 5.32 Å². The fourth-order valence-electron chi connectivity index (χ4n) is 1.91. The van der Waals surface area contributed by atoms with Crippen LogP contribution < -0.4 is 5.32 Å². The highest BCUT2D eigenvalue weighted by molar-refractivity contribution is 7.99. The molecule has 1 aliphatic rings. The van der Waals surface area contributed by atoms with Gasteiger partial charge in [0.15, 0.2) is 0 Å². The minimum atomic E-state index is 0.704. The van der Waals surface area contributed by atoms with Gasteiger partial charge in [-0.25, -0.2) is 0 Å². The molecule has 0 amide bonds. The molecule has 0 bridgehead atoms. The van der Waals surface area contributed by atoms with Gasteiger partial charge >= 0.3 is 0 Å². The van der Waals surface area contributed by atoms with E-state index >= 15 is 0 Å². The minimum Gasteiger partial charge on any atom is -0.310 e. The predicted octanol–water partition coefficient (Wildman–Crippen LogP) is 3.48. The summed E-state index contributed by atoms with van der Waals surface area (Å²) in [4.78, 5) is 2.39. The van der Waals surface area contributed by atoms with Gasteiger partial charge in [0.25, 0.3) is 0 Å². The second-order valence-corrected chi connectivity index (χ2v) is 6.41. The van der Waals surface area contributed by atoms with Crippen molar-refractivity contribution in [2.75, 3.05) is 0 Å². The fourth-order valence-corrected chi connectivity index (χ4v) is 3.06. The average molecular weight is 294 g/mol. The molecule has 1 heterocycles. The number of benzene rings is 1. The summed E-state index contributed by atoms with van der Waals surface area (Å²) in [7, 11) is 1.93. The molecule has 2 aromatic rings. The highest BCUT2D eigenvalue weighted by Gasteiger charge is 2.20. The lowest BCUT2D eigenvalue weighted by atomic mass is 10.2. The van der Waals surface area contributed by atoms with Crippen LogP contribution >= 0.6 is 23.4 Å². The maximum atomic E-state index is 6.10. The summed E-state index contributed by atoms with van der Waals surface area (Å²) in [5.74, 6) is 0. The van der Waals surface area contributed by atoms with Gasteiger partial charge in [-0.2, -0.15) is 5.10 Å². The molecule has 0 unspecified atom stereocenters. The third kappa shape index (κ3) is 3.53. The van der Waals surface area contributed by atoms with Crippen LogP contribution in [0.15, 0.2) is 40.4 Å². The van der Waals surface area contributed by atoms with E-state index in [1.807, 2.05) is 30.2 Å². The van der Waals surface area contributed by atoms with Crippen LogP contribution in [0.3, 0.4) is 0 Å². The van der Waals surface area contributed by atoms with Crippen LogP contribution in [0.1, 0.15) is 18.4 Å². The summed E-state index contributed by atoms with van der Waals surface area (Å²) in [6.45, 7) is 0.883. The zero-order valence-electron chi connectivity index (χ0n) is 10.8. The third-order valence-electron chi connectivity index (χ3n) is 3.09. The predicted molar refractivity (Wildman–Crippen MR) is 78.6 cm³/mol. The van der Waals surface area contributed by atoms with Crippen LogP contribution in [0, 0.1) is 0 Å². The van der Waals surface area contributed by atoms with Gasteiger partial charge in [-0.15, -0.1) is 0 Å². The highest BCUT2D eigenvalue weighted by atomic mass is 35.5. The number of aromatic nitrogens is 2. The molecule has 0 saturated heterocycles. The lowest BCUT2D eigenvalue weighted by Crippen LogP contribution is -2.15. The molecule has 1 aliphatic carbocycles. The molecule has 1 saturated carbocycles. The van der Waals surface area contributed by atoms with Crippen LogP contribution in [0.5, 0.6) is 0 Å². The van der Waals surface area contributed by atoms with Crippen molar-refractivity contribution in [3.8, 4) is 0 Å². The van der Waals surface area contributed by atoms with E-state index in [0.29, 0.717) is 6.04 Å². The standard InChI is InChI=1S/C14H16ClN3S/c1-18-9-13(8-17-18)19-14-5-2-11(15)6-10(14)7-16-12-3-4-12/h2,5-6,8-9,12,16H,3-4,7H2,1H3. The Hall–Kier alpha value is -0.970. The SMILES string of the molecule is Cn1cc(Sc2ccc(Cl)cc2CNC2CC2)cn1. The largest absolute Gasteiger partial charge is 0.310 e. The smallest absolute Gasteiger partial charge is 0.0629 e. The first kappa shape index (κ1) is 13.0. The molecule has 100 valence electrons. The van der Waals surface area contributed by atoms with Gasteiger partial charge in [0.05, 0.1) is 11.1 Å². The Morgan fingerprint density at radius 1 is 1.47 bits per heavy atom. The molecule has 0 atom stereocenters. The van der Waals surface area contributed by atoms with E-state index in [4.69, 9.17) is 11.6 Å². The molecule has 0 aliphatic heterocycles. The van der Waals surface area contributed by atoms with Crippen LogP contribution in [0.25, 0.3) is 0 Å². The normalized spacial score (nSPS) is 14.8. The number of hydrogen-bond acceptors (Lipinski definition) is 3. The second-order valence-electron chi connectivity index (χ2n) is 4.86. The Bertz CT molecular complexity index is 578. The van der Waals surface area contributed by atoms with E-state index in [9.17, 15) is 0 Å². The van der Waals surface area contributed by atoms with Crippen molar-refractivity contribution in [2.24, 2.45) is 7.05 Å². The van der Waals surface area contributed by atoms with Crippen molar-refractivity contribution in [3.63, 3.8) is 0 Å². The van der Waals surface area contributed by atoms with Crippen LogP contribution in [0.2, 0.25) is 5.02 Å². The van der Waals surface area contributed by atoms with E-state index in [2.05, 4.69) is 22.5 Å². The summed E-state index contributed by atoms with van der Waals surface area (Å²) < 4.78 is 1.82.